The van der Waals surface area contributed by atoms with Crippen molar-refractivity contribution in [2.24, 2.45) is 5.92 Å². The van der Waals surface area contributed by atoms with E-state index in [1.807, 2.05) is 17.8 Å². The number of aryl methyl sites for hydroxylation is 1. The number of hydrogen-bond acceptors (Lipinski definition) is 5. The van der Waals surface area contributed by atoms with Gasteiger partial charge in [-0.25, -0.2) is 4.68 Å². The van der Waals surface area contributed by atoms with Crippen LogP contribution in [0, 0.1) is 5.92 Å². The average Bonchev–Trinajstić information content (AvgIpc) is 2.72. The molecule has 1 saturated heterocycles. The predicted octanol–water partition coefficient (Wildman–Crippen LogP) is 3.06. The molecule has 1 aliphatic carbocycles. The average molecular weight is 405 g/mol. The summed E-state index contributed by atoms with van der Waals surface area (Å²) < 4.78 is 1.72. The van der Waals surface area contributed by atoms with Gasteiger partial charge in [-0.15, -0.1) is 0 Å². The summed E-state index contributed by atoms with van der Waals surface area (Å²) in [6.07, 6.45) is 10.3. The first-order valence-corrected chi connectivity index (χ1v) is 12.5. The minimum absolute atomic E-state index is 0.0734. The van der Waals surface area contributed by atoms with Gasteiger partial charge in [0.15, 0.2) is 0 Å². The van der Waals surface area contributed by atoms with Gasteiger partial charge in [-0.1, -0.05) is 13.3 Å². The molecule has 0 bridgehead atoms. The largest absolute Gasteiger partial charge is 0.312 e. The Morgan fingerprint density at radius 1 is 1.18 bits per heavy atom. The van der Waals surface area contributed by atoms with Gasteiger partial charge in [0, 0.05) is 43.4 Å². The fourth-order valence-corrected chi connectivity index (χ4v) is 5.94. The Labute approximate surface area is 173 Å². The molecule has 1 atom stereocenters. The van der Waals surface area contributed by atoms with Crippen molar-refractivity contribution in [1.29, 1.82) is 0 Å². The maximum absolute atomic E-state index is 12.5. The predicted molar refractivity (Wildman–Crippen MR) is 117 cm³/mol. The maximum Gasteiger partial charge on any atom is 0.267 e. The monoisotopic (exact) mass is 404 g/mol. The number of nitrogens with one attached hydrogen (secondary N) is 1. The van der Waals surface area contributed by atoms with Crippen LogP contribution in [-0.4, -0.2) is 52.2 Å². The summed E-state index contributed by atoms with van der Waals surface area (Å²) in [6.45, 7) is 6.30. The van der Waals surface area contributed by atoms with Crippen molar-refractivity contribution in [1.82, 2.24) is 20.0 Å². The first-order valence-electron chi connectivity index (χ1n) is 11.3. The number of likely N-dealkylation sites (tertiary alicyclic amines) is 1. The fraction of sp³-hybridized carbons (Fsp3) is 0.818. The zero-order valence-electron chi connectivity index (χ0n) is 17.4. The topological polar surface area (TPSA) is 50.2 Å². The van der Waals surface area contributed by atoms with Crippen LogP contribution >= 0.6 is 11.8 Å². The van der Waals surface area contributed by atoms with E-state index in [-0.39, 0.29) is 5.56 Å². The van der Waals surface area contributed by atoms with Gasteiger partial charge in [-0.3, -0.25) is 9.69 Å². The van der Waals surface area contributed by atoms with E-state index in [9.17, 15) is 4.79 Å². The van der Waals surface area contributed by atoms with Gasteiger partial charge < -0.3 is 5.32 Å². The van der Waals surface area contributed by atoms with Gasteiger partial charge >= 0.3 is 0 Å². The Hall–Kier alpha value is -0.850. The first kappa shape index (κ1) is 20.4. The smallest absolute Gasteiger partial charge is 0.267 e. The Bertz CT molecular complexity index is 698. The minimum atomic E-state index is 0.0734. The van der Waals surface area contributed by atoms with Crippen molar-refractivity contribution in [3.05, 3.63) is 27.7 Å². The zero-order chi connectivity index (χ0) is 19.3. The Morgan fingerprint density at radius 3 is 2.89 bits per heavy atom. The molecule has 1 aromatic heterocycles. The summed E-state index contributed by atoms with van der Waals surface area (Å²) in [5.41, 5.74) is 2.37. The van der Waals surface area contributed by atoms with E-state index in [0.717, 1.165) is 61.3 Å². The second-order valence-corrected chi connectivity index (χ2v) is 10.1. The molecule has 0 radical (unpaired) electrons. The SMILES string of the molecule is CC1CCC(NCC2CCCCN2CCn2nc3c(cc2=O)CSCC3)CC1. The molecule has 156 valence electrons. The highest BCUT2D eigenvalue weighted by molar-refractivity contribution is 7.98. The third-order valence-corrected chi connectivity index (χ3v) is 7.92. The normalized spacial score (nSPS) is 28.8. The number of fused-ring (bicyclic) bond motifs is 1. The molecular formula is C22H36N4OS. The Kier molecular flexibility index (Phi) is 7.13. The first-order chi connectivity index (χ1) is 13.7. The highest BCUT2D eigenvalue weighted by atomic mass is 32.2. The van der Waals surface area contributed by atoms with Crippen LogP contribution in [0.25, 0.3) is 0 Å². The van der Waals surface area contributed by atoms with Gasteiger partial charge in [-0.05, 0) is 62.3 Å². The van der Waals surface area contributed by atoms with Crippen molar-refractivity contribution in [3.8, 4) is 0 Å². The molecule has 0 amide bonds. The number of aromatic nitrogens is 2. The molecule has 1 saturated carbocycles. The molecule has 2 fully saturated rings. The van der Waals surface area contributed by atoms with Crippen LogP contribution in [0.15, 0.2) is 10.9 Å². The molecule has 0 spiro atoms. The Morgan fingerprint density at radius 2 is 2.04 bits per heavy atom. The number of hydrogen-bond donors (Lipinski definition) is 1. The second kappa shape index (κ2) is 9.77. The van der Waals surface area contributed by atoms with Crippen molar-refractivity contribution < 1.29 is 0 Å². The third-order valence-electron chi connectivity index (χ3n) is 6.91. The lowest BCUT2D eigenvalue weighted by Gasteiger charge is -2.37. The molecule has 3 heterocycles. The van der Waals surface area contributed by atoms with E-state index in [1.54, 1.807) is 4.68 Å². The fourth-order valence-electron chi connectivity index (χ4n) is 4.99. The molecule has 3 aliphatic rings. The van der Waals surface area contributed by atoms with Gasteiger partial charge in [-0.2, -0.15) is 16.9 Å². The number of thioether (sulfide) groups is 1. The third kappa shape index (κ3) is 5.19. The van der Waals surface area contributed by atoms with Crippen molar-refractivity contribution in [2.75, 3.05) is 25.4 Å². The molecule has 1 aromatic rings. The molecule has 1 N–H and O–H groups in total. The standard InChI is InChI=1S/C22H36N4OS/c1-17-5-7-19(8-6-17)23-15-20-4-2-3-10-25(20)11-12-26-22(27)14-18-16-28-13-9-21(18)24-26/h14,17,19-20,23H,2-13,15-16H2,1H3. The summed E-state index contributed by atoms with van der Waals surface area (Å²) >= 11 is 1.90. The molecule has 6 heteroatoms. The lowest BCUT2D eigenvalue weighted by atomic mass is 9.87. The number of nitrogens with zero attached hydrogens (tertiary/aromatic N) is 3. The van der Waals surface area contributed by atoms with Crippen LogP contribution < -0.4 is 10.9 Å². The minimum Gasteiger partial charge on any atom is -0.312 e. The van der Waals surface area contributed by atoms with Gasteiger partial charge in [0.05, 0.1) is 12.2 Å². The van der Waals surface area contributed by atoms with Crippen LogP contribution in [0.1, 0.15) is 63.1 Å². The van der Waals surface area contributed by atoms with Crippen LogP contribution in [-0.2, 0) is 18.7 Å². The van der Waals surface area contributed by atoms with E-state index >= 15 is 0 Å². The van der Waals surface area contributed by atoms with Gasteiger partial charge in [0.2, 0.25) is 0 Å². The van der Waals surface area contributed by atoms with Crippen molar-refractivity contribution >= 4 is 11.8 Å². The molecular weight excluding hydrogens is 368 g/mol. The lowest BCUT2D eigenvalue weighted by Crippen LogP contribution is -2.49. The maximum atomic E-state index is 12.5. The van der Waals surface area contributed by atoms with Crippen LogP contribution in [0.3, 0.4) is 0 Å². The van der Waals surface area contributed by atoms with E-state index in [4.69, 9.17) is 5.10 Å². The lowest BCUT2D eigenvalue weighted by molar-refractivity contribution is 0.132. The van der Waals surface area contributed by atoms with E-state index in [2.05, 4.69) is 17.1 Å². The highest BCUT2D eigenvalue weighted by Crippen LogP contribution is 2.24. The van der Waals surface area contributed by atoms with E-state index in [0.29, 0.717) is 12.1 Å². The zero-order valence-corrected chi connectivity index (χ0v) is 18.2. The molecule has 2 aliphatic heterocycles. The van der Waals surface area contributed by atoms with Crippen LogP contribution in [0.2, 0.25) is 0 Å². The second-order valence-electron chi connectivity index (χ2n) is 9.03. The van der Waals surface area contributed by atoms with Gasteiger partial charge in [0.1, 0.15) is 0 Å². The summed E-state index contributed by atoms with van der Waals surface area (Å²) in [7, 11) is 0. The number of piperidine rings is 1. The van der Waals surface area contributed by atoms with Crippen molar-refractivity contribution in [3.63, 3.8) is 0 Å². The van der Waals surface area contributed by atoms with Crippen LogP contribution in [0.5, 0.6) is 0 Å². The highest BCUT2D eigenvalue weighted by Gasteiger charge is 2.25. The van der Waals surface area contributed by atoms with Crippen LogP contribution in [0.4, 0.5) is 0 Å². The summed E-state index contributed by atoms with van der Waals surface area (Å²) in [4.78, 5) is 15.1. The summed E-state index contributed by atoms with van der Waals surface area (Å²) in [5, 5.41) is 8.56. The van der Waals surface area contributed by atoms with Crippen molar-refractivity contribution in [2.45, 2.75) is 82.7 Å². The molecule has 1 unspecified atom stereocenters. The quantitative estimate of drug-likeness (QED) is 0.790. The molecule has 28 heavy (non-hydrogen) atoms. The molecule has 5 nitrogen and oxygen atoms in total. The number of rotatable bonds is 6. The summed E-state index contributed by atoms with van der Waals surface area (Å²) in [5.74, 6) is 2.97. The molecule has 4 rings (SSSR count). The summed E-state index contributed by atoms with van der Waals surface area (Å²) in [6, 6.07) is 3.15. The van der Waals surface area contributed by atoms with Gasteiger partial charge in [0.25, 0.3) is 5.56 Å². The van der Waals surface area contributed by atoms with E-state index in [1.165, 1.54) is 44.9 Å². The Balaban J connectivity index is 1.32. The molecule has 0 aromatic carbocycles. The van der Waals surface area contributed by atoms with E-state index < -0.39 is 0 Å².